The maximum Gasteiger partial charge on any atom is 0.302 e. The molecule has 0 amide bonds. The minimum absolute atomic E-state index is 0.0969. The minimum atomic E-state index is -3.43. The fraction of sp³-hybridized carbons (Fsp3) is 0.467. The van der Waals surface area contributed by atoms with Gasteiger partial charge in [-0.2, -0.15) is 0 Å². The van der Waals surface area contributed by atoms with Gasteiger partial charge in [0.1, 0.15) is 6.61 Å². The van der Waals surface area contributed by atoms with Gasteiger partial charge in [0, 0.05) is 34.9 Å². The Morgan fingerprint density at radius 1 is 1.30 bits per heavy atom. The van der Waals surface area contributed by atoms with Gasteiger partial charge < -0.3 is 4.74 Å². The Bertz CT molecular complexity index is 723. The molecular formula is C15H22BrNO4SSi. The number of esters is 1. The van der Waals surface area contributed by atoms with Crippen LogP contribution in [-0.4, -0.2) is 39.9 Å². The number of hydrogen-bond donors (Lipinski definition) is 0. The molecule has 0 saturated heterocycles. The van der Waals surface area contributed by atoms with Crippen molar-refractivity contribution in [2.24, 2.45) is 4.99 Å². The van der Waals surface area contributed by atoms with Crippen molar-refractivity contribution in [3.63, 3.8) is 0 Å². The van der Waals surface area contributed by atoms with E-state index >= 15 is 0 Å². The van der Waals surface area contributed by atoms with Gasteiger partial charge in [-0.3, -0.25) is 9.79 Å². The van der Waals surface area contributed by atoms with Gasteiger partial charge in [-0.1, -0.05) is 47.7 Å². The second-order valence-corrected chi connectivity index (χ2v) is 14.8. The lowest BCUT2D eigenvalue weighted by Gasteiger charge is -2.14. The SMILES string of the molecule is CC(=O)OCc1ccc(/C(=N\C[Si](C)(C)C)S(C)(=O)=O)cc1Br. The number of halogens is 1. The normalized spacial score (nSPS) is 13.0. The molecule has 0 N–H and O–H groups in total. The molecule has 0 bridgehead atoms. The number of rotatable bonds is 5. The molecule has 0 fully saturated rings. The zero-order chi connectivity index (χ0) is 17.8. The maximum atomic E-state index is 12.1. The van der Waals surface area contributed by atoms with Crippen molar-refractivity contribution in [1.29, 1.82) is 0 Å². The minimum Gasteiger partial charge on any atom is -0.461 e. The van der Waals surface area contributed by atoms with Crippen LogP contribution in [0.5, 0.6) is 0 Å². The second kappa shape index (κ2) is 7.72. The Hall–Kier alpha value is -0.993. The first kappa shape index (κ1) is 20.1. The molecule has 1 aromatic carbocycles. The summed E-state index contributed by atoms with van der Waals surface area (Å²) >= 11 is 3.39. The van der Waals surface area contributed by atoms with E-state index in [9.17, 15) is 13.2 Å². The quantitative estimate of drug-likeness (QED) is 0.318. The molecule has 1 aromatic rings. The first-order chi connectivity index (χ1) is 10.4. The summed E-state index contributed by atoms with van der Waals surface area (Å²) in [6, 6.07) is 5.12. The van der Waals surface area contributed by atoms with Crippen molar-refractivity contribution in [2.45, 2.75) is 33.2 Å². The molecule has 0 spiro atoms. The van der Waals surface area contributed by atoms with Gasteiger partial charge >= 0.3 is 5.97 Å². The topological polar surface area (TPSA) is 72.8 Å². The molecule has 0 aliphatic carbocycles. The Morgan fingerprint density at radius 3 is 2.35 bits per heavy atom. The molecule has 0 heterocycles. The lowest BCUT2D eigenvalue weighted by molar-refractivity contribution is -0.142. The monoisotopic (exact) mass is 419 g/mol. The number of ether oxygens (including phenoxy) is 1. The molecule has 0 saturated carbocycles. The summed E-state index contributed by atoms with van der Waals surface area (Å²) in [5, 5.41) is 0.0969. The first-order valence-corrected chi connectivity index (χ1v) is 13.5. The zero-order valence-electron chi connectivity index (χ0n) is 14.0. The van der Waals surface area contributed by atoms with Crippen molar-refractivity contribution in [3.05, 3.63) is 33.8 Å². The number of benzene rings is 1. The summed E-state index contributed by atoms with van der Waals surface area (Å²) in [5.74, 6) is -0.366. The number of carbonyl (C=O) groups is 1. The Morgan fingerprint density at radius 2 is 1.91 bits per heavy atom. The fourth-order valence-corrected chi connectivity index (χ4v) is 3.80. The molecule has 0 aliphatic rings. The number of nitrogens with zero attached hydrogens (tertiary/aromatic N) is 1. The standard InChI is InChI=1S/C15H22BrNO4SSi/c1-11(18)21-9-13-7-6-12(8-14(13)16)15(22(2,19)20)17-10-23(3,4)5/h6-8H,9-10H2,1-5H3/b17-15+. The molecule has 8 heteroatoms. The van der Waals surface area contributed by atoms with Gasteiger partial charge in [-0.25, -0.2) is 8.42 Å². The smallest absolute Gasteiger partial charge is 0.302 e. The molecule has 128 valence electrons. The van der Waals surface area contributed by atoms with Crippen molar-refractivity contribution in [3.8, 4) is 0 Å². The van der Waals surface area contributed by atoms with E-state index in [1.165, 1.54) is 6.92 Å². The molecule has 0 aromatic heterocycles. The van der Waals surface area contributed by atoms with Gasteiger partial charge in [0.25, 0.3) is 0 Å². The average molecular weight is 420 g/mol. The van der Waals surface area contributed by atoms with E-state index < -0.39 is 17.9 Å². The molecule has 1 rings (SSSR count). The third kappa shape index (κ3) is 6.97. The van der Waals surface area contributed by atoms with Crippen LogP contribution in [-0.2, 0) is 26.0 Å². The van der Waals surface area contributed by atoms with Crippen molar-refractivity contribution < 1.29 is 17.9 Å². The molecule has 23 heavy (non-hydrogen) atoms. The summed E-state index contributed by atoms with van der Waals surface area (Å²) in [5.41, 5.74) is 1.30. The van der Waals surface area contributed by atoms with Crippen LogP contribution < -0.4 is 0 Å². The highest BCUT2D eigenvalue weighted by Gasteiger charge is 2.20. The summed E-state index contributed by atoms with van der Waals surface area (Å²) in [4.78, 5) is 15.2. The van der Waals surface area contributed by atoms with E-state index in [0.29, 0.717) is 16.2 Å². The van der Waals surface area contributed by atoms with Gasteiger partial charge in [-0.15, -0.1) is 0 Å². The van der Waals surface area contributed by atoms with Crippen LogP contribution in [0.25, 0.3) is 0 Å². The van der Waals surface area contributed by atoms with Gasteiger partial charge in [-0.05, 0) is 6.07 Å². The van der Waals surface area contributed by atoms with Crippen LogP contribution in [0.1, 0.15) is 18.1 Å². The average Bonchev–Trinajstić information content (AvgIpc) is 2.34. The van der Waals surface area contributed by atoms with Crippen molar-refractivity contribution >= 4 is 44.9 Å². The Kier molecular flexibility index (Phi) is 6.73. The van der Waals surface area contributed by atoms with Crippen LogP contribution >= 0.6 is 15.9 Å². The molecular weight excluding hydrogens is 398 g/mol. The highest BCUT2D eigenvalue weighted by atomic mass is 79.9. The Labute approximate surface area is 147 Å². The molecule has 0 unspecified atom stereocenters. The van der Waals surface area contributed by atoms with E-state index in [1.807, 2.05) is 0 Å². The third-order valence-corrected chi connectivity index (χ3v) is 5.69. The van der Waals surface area contributed by atoms with E-state index in [2.05, 4.69) is 40.6 Å². The highest BCUT2D eigenvalue weighted by molar-refractivity contribution is 9.10. The summed E-state index contributed by atoms with van der Waals surface area (Å²) in [7, 11) is -4.93. The van der Waals surface area contributed by atoms with Crippen LogP contribution in [0, 0.1) is 0 Å². The number of aliphatic imine (C=N–C) groups is 1. The Balaban J connectivity index is 3.19. The van der Waals surface area contributed by atoms with Gasteiger partial charge in [0.15, 0.2) is 14.9 Å². The van der Waals surface area contributed by atoms with E-state index in [4.69, 9.17) is 4.74 Å². The van der Waals surface area contributed by atoms with Gasteiger partial charge in [0.05, 0.1) is 8.07 Å². The van der Waals surface area contributed by atoms with Crippen LogP contribution in [0.15, 0.2) is 27.7 Å². The van der Waals surface area contributed by atoms with E-state index in [1.54, 1.807) is 18.2 Å². The van der Waals surface area contributed by atoms with Gasteiger partial charge in [0.2, 0.25) is 0 Å². The molecule has 5 nitrogen and oxygen atoms in total. The summed E-state index contributed by atoms with van der Waals surface area (Å²) in [6.45, 7) is 7.88. The number of hydrogen-bond acceptors (Lipinski definition) is 5. The van der Waals surface area contributed by atoms with Crippen molar-refractivity contribution in [1.82, 2.24) is 0 Å². The largest absolute Gasteiger partial charge is 0.461 e. The van der Waals surface area contributed by atoms with Crippen LogP contribution in [0.2, 0.25) is 19.6 Å². The summed E-state index contributed by atoms with van der Waals surface area (Å²) in [6.07, 6.45) is 1.71. The summed E-state index contributed by atoms with van der Waals surface area (Å²) < 4.78 is 29.8. The lowest BCUT2D eigenvalue weighted by Crippen LogP contribution is -2.27. The number of sulfone groups is 1. The lowest BCUT2D eigenvalue weighted by atomic mass is 10.1. The highest BCUT2D eigenvalue weighted by Crippen LogP contribution is 2.21. The second-order valence-electron chi connectivity index (χ2n) is 6.54. The van der Waals surface area contributed by atoms with E-state index in [-0.39, 0.29) is 17.6 Å². The molecule has 0 aliphatic heterocycles. The zero-order valence-corrected chi connectivity index (χ0v) is 17.4. The predicted octanol–water partition coefficient (Wildman–Crippen LogP) is 3.18. The maximum absolute atomic E-state index is 12.1. The van der Waals surface area contributed by atoms with Crippen molar-refractivity contribution in [2.75, 3.05) is 12.4 Å². The third-order valence-electron chi connectivity index (χ3n) is 2.78. The van der Waals surface area contributed by atoms with Crippen LogP contribution in [0.3, 0.4) is 0 Å². The fourth-order valence-electron chi connectivity index (χ4n) is 1.71. The number of carbonyl (C=O) groups excluding carboxylic acids is 1. The van der Waals surface area contributed by atoms with Crippen LogP contribution in [0.4, 0.5) is 0 Å². The van der Waals surface area contributed by atoms with E-state index in [0.717, 1.165) is 11.8 Å². The predicted molar refractivity (Wildman–Crippen MR) is 99.2 cm³/mol. The molecule has 0 atom stereocenters. The molecule has 0 radical (unpaired) electrons. The first-order valence-electron chi connectivity index (χ1n) is 7.07.